The molecule has 0 unspecified atom stereocenters. The minimum absolute atomic E-state index is 0.0839. The van der Waals surface area contributed by atoms with E-state index in [0.717, 1.165) is 6.42 Å². The maximum atomic E-state index is 9.07. The van der Waals surface area contributed by atoms with Crippen LogP contribution in [0.2, 0.25) is 0 Å². The van der Waals surface area contributed by atoms with Gasteiger partial charge >= 0.3 is 0 Å². The fraction of sp³-hybridized carbons (Fsp3) is 1.00. The topological polar surface area (TPSA) is 20.2 Å². The van der Waals surface area contributed by atoms with Gasteiger partial charge in [-0.2, -0.15) is 0 Å². The second-order valence-electron chi connectivity index (χ2n) is 2.68. The van der Waals surface area contributed by atoms with Gasteiger partial charge in [-0.15, -0.1) is 0 Å². The molecular formula is C6H13IO. The van der Waals surface area contributed by atoms with Crippen LogP contribution in [0.4, 0.5) is 0 Å². The number of aliphatic hydroxyl groups excluding tert-OH is 1. The lowest BCUT2D eigenvalue weighted by Crippen LogP contribution is -2.22. The molecule has 0 aromatic rings. The minimum atomic E-state index is -0.218. The third-order valence-electron chi connectivity index (χ3n) is 1.56. The van der Waals surface area contributed by atoms with E-state index in [1.165, 1.54) is 0 Å². The van der Waals surface area contributed by atoms with Gasteiger partial charge in [0, 0.05) is 0 Å². The number of hydrogen-bond donors (Lipinski definition) is 1. The van der Waals surface area contributed by atoms with Crippen LogP contribution in [0.15, 0.2) is 0 Å². The van der Waals surface area contributed by atoms with E-state index < -0.39 is 0 Å². The molecule has 0 saturated carbocycles. The third-order valence-corrected chi connectivity index (χ3v) is 3.24. The molecule has 0 aliphatic rings. The van der Waals surface area contributed by atoms with E-state index in [4.69, 9.17) is 5.11 Å². The summed E-state index contributed by atoms with van der Waals surface area (Å²) in [6.07, 6.45) is 1.02. The van der Waals surface area contributed by atoms with Gasteiger partial charge in [-0.25, -0.2) is 0 Å². The van der Waals surface area contributed by atoms with Crippen LogP contribution in [0, 0.1) is 5.41 Å². The Labute approximate surface area is 64.6 Å². The second-order valence-corrected chi connectivity index (χ2v) is 3.86. The lowest BCUT2D eigenvalue weighted by molar-refractivity contribution is 0.137. The Morgan fingerprint density at radius 3 is 2.00 bits per heavy atom. The van der Waals surface area contributed by atoms with Crippen molar-refractivity contribution >= 4 is 22.6 Å². The number of halogens is 1. The molecule has 0 bridgehead atoms. The molecular weight excluding hydrogens is 215 g/mol. The third kappa shape index (κ3) is 2.31. The summed E-state index contributed by atoms with van der Waals surface area (Å²) < 4.78 is -0.218. The van der Waals surface area contributed by atoms with Gasteiger partial charge in [-0.1, -0.05) is 43.4 Å². The molecule has 0 radical (unpaired) electrons. The molecule has 0 aromatic heterocycles. The quantitative estimate of drug-likeness (QED) is 0.567. The molecule has 2 heteroatoms. The molecule has 8 heavy (non-hydrogen) atoms. The highest BCUT2D eigenvalue weighted by molar-refractivity contribution is 14.1. The van der Waals surface area contributed by atoms with Gasteiger partial charge < -0.3 is 5.11 Å². The molecule has 0 saturated heterocycles. The number of alkyl halides is 1. The van der Waals surface area contributed by atoms with Crippen molar-refractivity contribution in [2.75, 3.05) is 0 Å². The van der Waals surface area contributed by atoms with Crippen LogP contribution in [-0.2, 0) is 0 Å². The molecule has 0 aliphatic heterocycles. The summed E-state index contributed by atoms with van der Waals surface area (Å²) in [5.41, 5.74) is 0.0839. The smallest absolute Gasteiger partial charge is 0.110 e. The van der Waals surface area contributed by atoms with Gasteiger partial charge in [-0.05, 0) is 11.8 Å². The first-order valence-corrected chi connectivity index (χ1v) is 4.07. The Kier molecular flexibility index (Phi) is 3.27. The summed E-state index contributed by atoms with van der Waals surface area (Å²) in [6.45, 7) is 6.20. The van der Waals surface area contributed by atoms with Crippen molar-refractivity contribution in [1.82, 2.24) is 0 Å². The maximum Gasteiger partial charge on any atom is 0.110 e. The van der Waals surface area contributed by atoms with Crippen LogP contribution in [0.5, 0.6) is 0 Å². The summed E-state index contributed by atoms with van der Waals surface area (Å²) >= 11 is 2.04. The molecule has 1 atom stereocenters. The van der Waals surface area contributed by atoms with Crippen molar-refractivity contribution in [2.24, 2.45) is 5.41 Å². The molecule has 0 aliphatic carbocycles. The van der Waals surface area contributed by atoms with E-state index in [0.29, 0.717) is 0 Å². The number of aliphatic hydroxyl groups is 1. The van der Waals surface area contributed by atoms with Gasteiger partial charge in [0.2, 0.25) is 0 Å². The standard InChI is InChI=1S/C6H13IO/c1-4-6(2,3)5(7)8/h5,8H,4H2,1-3H3/t5-/m0/s1. The Bertz CT molecular complexity index is 68.9. The maximum absolute atomic E-state index is 9.07. The summed E-state index contributed by atoms with van der Waals surface area (Å²) in [5.74, 6) is 0. The van der Waals surface area contributed by atoms with Gasteiger partial charge in [0.1, 0.15) is 4.11 Å². The van der Waals surface area contributed by atoms with E-state index in [9.17, 15) is 0 Å². The first kappa shape index (κ1) is 8.69. The minimum Gasteiger partial charge on any atom is -0.382 e. The van der Waals surface area contributed by atoms with Gasteiger partial charge in [0.05, 0.1) is 0 Å². The molecule has 1 nitrogen and oxygen atoms in total. The zero-order valence-electron chi connectivity index (χ0n) is 5.61. The average Bonchev–Trinajstić information content (AvgIpc) is 1.67. The monoisotopic (exact) mass is 228 g/mol. The number of hydrogen-bond acceptors (Lipinski definition) is 1. The lowest BCUT2D eigenvalue weighted by Gasteiger charge is -2.24. The second kappa shape index (κ2) is 3.01. The van der Waals surface area contributed by atoms with Crippen LogP contribution >= 0.6 is 22.6 Å². The predicted octanol–water partition coefficient (Wildman–Crippen LogP) is 2.18. The van der Waals surface area contributed by atoms with Crippen LogP contribution in [0.3, 0.4) is 0 Å². The fourth-order valence-corrected chi connectivity index (χ4v) is 0.609. The van der Waals surface area contributed by atoms with E-state index >= 15 is 0 Å². The molecule has 1 N–H and O–H groups in total. The van der Waals surface area contributed by atoms with Crippen molar-refractivity contribution < 1.29 is 5.11 Å². The molecule has 50 valence electrons. The largest absolute Gasteiger partial charge is 0.382 e. The first-order chi connectivity index (χ1) is 3.50. The summed E-state index contributed by atoms with van der Waals surface area (Å²) in [6, 6.07) is 0. The Hall–Kier alpha value is 0.690. The summed E-state index contributed by atoms with van der Waals surface area (Å²) in [7, 11) is 0. The Balaban J connectivity index is 3.71. The zero-order valence-corrected chi connectivity index (χ0v) is 7.77. The van der Waals surface area contributed by atoms with E-state index in [2.05, 4.69) is 20.8 Å². The zero-order chi connectivity index (χ0) is 6.78. The lowest BCUT2D eigenvalue weighted by atomic mass is 9.92. The molecule has 0 aromatic carbocycles. The Morgan fingerprint density at radius 1 is 1.62 bits per heavy atom. The van der Waals surface area contributed by atoms with Gasteiger partial charge in [-0.3, -0.25) is 0 Å². The highest BCUT2D eigenvalue weighted by Crippen LogP contribution is 2.28. The van der Waals surface area contributed by atoms with Gasteiger partial charge in [0.25, 0.3) is 0 Å². The molecule has 0 rings (SSSR count). The van der Waals surface area contributed by atoms with Crippen molar-refractivity contribution in [3.05, 3.63) is 0 Å². The highest BCUT2D eigenvalue weighted by atomic mass is 127. The van der Waals surface area contributed by atoms with E-state index in [-0.39, 0.29) is 9.53 Å². The fourth-order valence-electron chi connectivity index (χ4n) is 0.168. The number of rotatable bonds is 2. The molecule has 0 spiro atoms. The normalized spacial score (nSPS) is 16.1. The predicted molar refractivity (Wildman–Crippen MR) is 44.1 cm³/mol. The van der Waals surface area contributed by atoms with Crippen LogP contribution in [0.25, 0.3) is 0 Å². The highest BCUT2D eigenvalue weighted by Gasteiger charge is 2.22. The van der Waals surface area contributed by atoms with Crippen LogP contribution in [0.1, 0.15) is 27.2 Å². The summed E-state index contributed by atoms with van der Waals surface area (Å²) in [4.78, 5) is 0. The van der Waals surface area contributed by atoms with Crippen molar-refractivity contribution in [3.8, 4) is 0 Å². The van der Waals surface area contributed by atoms with E-state index in [1.807, 2.05) is 22.6 Å². The average molecular weight is 228 g/mol. The van der Waals surface area contributed by atoms with E-state index in [1.54, 1.807) is 0 Å². The molecule has 0 amide bonds. The van der Waals surface area contributed by atoms with Crippen molar-refractivity contribution in [1.29, 1.82) is 0 Å². The van der Waals surface area contributed by atoms with Crippen molar-refractivity contribution in [2.45, 2.75) is 31.3 Å². The molecule has 0 heterocycles. The van der Waals surface area contributed by atoms with Crippen LogP contribution in [-0.4, -0.2) is 9.22 Å². The first-order valence-electron chi connectivity index (χ1n) is 2.83. The Morgan fingerprint density at radius 2 is 2.00 bits per heavy atom. The SMILES string of the molecule is CCC(C)(C)[C@H](O)I. The molecule has 0 fully saturated rings. The summed E-state index contributed by atoms with van der Waals surface area (Å²) in [5, 5.41) is 9.07. The van der Waals surface area contributed by atoms with Crippen LogP contribution < -0.4 is 0 Å². The van der Waals surface area contributed by atoms with Gasteiger partial charge in [0.15, 0.2) is 0 Å². The van der Waals surface area contributed by atoms with Crippen molar-refractivity contribution in [3.63, 3.8) is 0 Å².